The molecule has 31 heavy (non-hydrogen) atoms. The highest BCUT2D eigenvalue weighted by Crippen LogP contribution is 2.32. The predicted octanol–water partition coefficient (Wildman–Crippen LogP) is 4.63. The Kier molecular flexibility index (Phi) is 5.71. The van der Waals surface area contributed by atoms with Gasteiger partial charge in [0, 0.05) is 11.1 Å². The van der Waals surface area contributed by atoms with Crippen molar-refractivity contribution in [3.8, 4) is 17.2 Å². The number of ether oxygens (including phenoxy) is 3. The molecule has 0 unspecified atom stereocenters. The minimum absolute atomic E-state index is 0.0799. The van der Waals surface area contributed by atoms with Crippen LogP contribution in [-0.4, -0.2) is 30.6 Å². The molecule has 0 aromatic heterocycles. The molecule has 6 heteroatoms. The lowest BCUT2D eigenvalue weighted by molar-refractivity contribution is 0.0696. The second-order valence-electron chi connectivity index (χ2n) is 6.98. The molecule has 0 atom stereocenters. The van der Waals surface area contributed by atoms with Gasteiger partial charge in [-0.1, -0.05) is 30.3 Å². The Morgan fingerprint density at radius 2 is 1.90 bits per heavy atom. The number of methoxy groups -OCH3 is 1. The van der Waals surface area contributed by atoms with E-state index in [1.54, 1.807) is 30.3 Å². The summed E-state index contributed by atoms with van der Waals surface area (Å²) in [5.74, 6) is 0.260. The van der Waals surface area contributed by atoms with Gasteiger partial charge in [-0.15, -0.1) is 0 Å². The number of hydrogen-bond donors (Lipinski definition) is 1. The molecule has 0 saturated heterocycles. The van der Waals surface area contributed by atoms with Crippen LogP contribution in [-0.2, 0) is 6.61 Å². The number of carbonyl (C=O) groups is 2. The van der Waals surface area contributed by atoms with Crippen LogP contribution in [0.15, 0.2) is 72.3 Å². The van der Waals surface area contributed by atoms with Crippen LogP contribution in [0.2, 0.25) is 0 Å². The average Bonchev–Trinajstić information content (AvgIpc) is 2.80. The Morgan fingerprint density at radius 1 is 1.10 bits per heavy atom. The third kappa shape index (κ3) is 4.43. The SMILES string of the molecule is COc1ccc(C(=O)O)cc1/C=C1\COc2ccc(OCc3ccccc3)cc2C1=O. The number of benzene rings is 3. The average molecular weight is 416 g/mol. The van der Waals surface area contributed by atoms with Crippen LogP contribution < -0.4 is 14.2 Å². The van der Waals surface area contributed by atoms with E-state index in [0.29, 0.717) is 40.6 Å². The Morgan fingerprint density at radius 3 is 2.65 bits per heavy atom. The van der Waals surface area contributed by atoms with Gasteiger partial charge in [0.05, 0.1) is 18.2 Å². The zero-order valence-corrected chi connectivity index (χ0v) is 16.8. The summed E-state index contributed by atoms with van der Waals surface area (Å²) in [7, 11) is 1.49. The number of carboxylic acids is 1. The molecule has 0 amide bonds. The number of fused-ring (bicyclic) bond motifs is 1. The van der Waals surface area contributed by atoms with Crippen molar-refractivity contribution in [2.24, 2.45) is 0 Å². The van der Waals surface area contributed by atoms with Crippen molar-refractivity contribution in [3.05, 3.63) is 94.6 Å². The zero-order chi connectivity index (χ0) is 21.8. The second-order valence-corrected chi connectivity index (χ2v) is 6.98. The highest BCUT2D eigenvalue weighted by atomic mass is 16.5. The summed E-state index contributed by atoms with van der Waals surface area (Å²) in [4.78, 5) is 24.4. The standard InChI is InChI=1S/C25H20O6/c1-29-22-9-7-17(25(27)28)11-18(22)12-19-15-31-23-10-8-20(13-21(23)24(19)26)30-14-16-5-3-2-4-6-16/h2-13H,14-15H2,1H3,(H,27,28)/b19-12+. The molecule has 0 radical (unpaired) electrons. The van der Waals surface area contributed by atoms with Gasteiger partial charge in [-0.3, -0.25) is 4.79 Å². The van der Waals surface area contributed by atoms with Crippen LogP contribution >= 0.6 is 0 Å². The summed E-state index contributed by atoms with van der Waals surface area (Å²) >= 11 is 0. The normalized spacial score (nSPS) is 14.0. The monoisotopic (exact) mass is 416 g/mol. The van der Waals surface area contributed by atoms with Crippen LogP contribution in [0.4, 0.5) is 0 Å². The smallest absolute Gasteiger partial charge is 0.335 e. The van der Waals surface area contributed by atoms with Gasteiger partial charge in [0.1, 0.15) is 30.5 Å². The molecule has 3 aromatic carbocycles. The fourth-order valence-electron chi connectivity index (χ4n) is 3.31. The molecule has 1 heterocycles. The van der Waals surface area contributed by atoms with Gasteiger partial charge in [0.25, 0.3) is 0 Å². The molecule has 156 valence electrons. The first kappa shape index (κ1) is 20.2. The lowest BCUT2D eigenvalue weighted by Gasteiger charge is -2.20. The largest absolute Gasteiger partial charge is 0.496 e. The van der Waals surface area contributed by atoms with E-state index in [0.717, 1.165) is 5.56 Å². The number of carbonyl (C=O) groups excluding carboxylic acids is 1. The highest BCUT2D eigenvalue weighted by Gasteiger charge is 2.24. The summed E-state index contributed by atoms with van der Waals surface area (Å²) in [6, 6.07) is 19.4. The van der Waals surface area contributed by atoms with Crippen molar-refractivity contribution in [1.82, 2.24) is 0 Å². The van der Waals surface area contributed by atoms with E-state index in [-0.39, 0.29) is 18.0 Å². The number of ketones is 1. The van der Waals surface area contributed by atoms with E-state index in [2.05, 4.69) is 0 Å². The Hall–Kier alpha value is -4.06. The van der Waals surface area contributed by atoms with Crippen LogP contribution in [0.1, 0.15) is 31.8 Å². The van der Waals surface area contributed by atoms with Gasteiger partial charge in [-0.2, -0.15) is 0 Å². The third-order valence-electron chi connectivity index (χ3n) is 4.93. The number of Topliss-reactive ketones (excluding diaryl/α,β-unsaturated/α-hetero) is 1. The first-order valence-corrected chi connectivity index (χ1v) is 9.65. The first-order chi connectivity index (χ1) is 15.0. The number of hydrogen-bond acceptors (Lipinski definition) is 5. The summed E-state index contributed by atoms with van der Waals surface area (Å²) in [5.41, 5.74) is 2.42. The molecule has 0 bridgehead atoms. The Bertz CT molecular complexity index is 1160. The first-order valence-electron chi connectivity index (χ1n) is 9.65. The molecule has 3 aromatic rings. The molecule has 6 nitrogen and oxygen atoms in total. The van der Waals surface area contributed by atoms with Crippen LogP contribution in [0.5, 0.6) is 17.2 Å². The van der Waals surface area contributed by atoms with Gasteiger partial charge >= 0.3 is 5.97 Å². The van der Waals surface area contributed by atoms with Crippen LogP contribution in [0.3, 0.4) is 0 Å². The Balaban J connectivity index is 1.60. The van der Waals surface area contributed by atoms with E-state index in [1.807, 2.05) is 30.3 Å². The maximum atomic E-state index is 13.1. The summed E-state index contributed by atoms with van der Waals surface area (Å²) in [5, 5.41) is 9.26. The van der Waals surface area contributed by atoms with E-state index in [4.69, 9.17) is 14.2 Å². The second kappa shape index (κ2) is 8.75. The summed E-state index contributed by atoms with van der Waals surface area (Å²) in [6.07, 6.45) is 1.61. The molecule has 1 N–H and O–H groups in total. The minimum Gasteiger partial charge on any atom is -0.496 e. The van der Waals surface area contributed by atoms with Crippen molar-refractivity contribution in [2.45, 2.75) is 6.61 Å². The minimum atomic E-state index is -1.06. The predicted molar refractivity (Wildman–Crippen MR) is 115 cm³/mol. The van der Waals surface area contributed by atoms with E-state index in [9.17, 15) is 14.7 Å². The molecule has 0 fully saturated rings. The number of aromatic carboxylic acids is 1. The van der Waals surface area contributed by atoms with Crippen molar-refractivity contribution < 1.29 is 28.9 Å². The number of carboxylic acid groups (broad SMARTS) is 1. The molecule has 1 aliphatic rings. The summed E-state index contributed by atoms with van der Waals surface area (Å²) in [6.45, 7) is 0.465. The molecular formula is C25H20O6. The van der Waals surface area contributed by atoms with E-state index >= 15 is 0 Å². The topological polar surface area (TPSA) is 82.1 Å². The van der Waals surface area contributed by atoms with Crippen molar-refractivity contribution in [1.29, 1.82) is 0 Å². The van der Waals surface area contributed by atoms with Crippen molar-refractivity contribution >= 4 is 17.8 Å². The highest BCUT2D eigenvalue weighted by molar-refractivity contribution is 6.14. The fourth-order valence-corrected chi connectivity index (χ4v) is 3.31. The fraction of sp³-hybridized carbons (Fsp3) is 0.120. The van der Waals surface area contributed by atoms with Gasteiger partial charge in [-0.05, 0) is 48.0 Å². The van der Waals surface area contributed by atoms with Crippen LogP contribution in [0, 0.1) is 0 Å². The lowest BCUT2D eigenvalue weighted by Crippen LogP contribution is -2.19. The lowest BCUT2D eigenvalue weighted by atomic mass is 9.97. The Labute approximate surface area is 179 Å². The quantitative estimate of drug-likeness (QED) is 0.590. The molecule has 0 saturated carbocycles. The van der Waals surface area contributed by atoms with E-state index in [1.165, 1.54) is 19.2 Å². The van der Waals surface area contributed by atoms with Gasteiger partial charge in [0.15, 0.2) is 5.78 Å². The van der Waals surface area contributed by atoms with Crippen molar-refractivity contribution in [2.75, 3.05) is 13.7 Å². The van der Waals surface area contributed by atoms with Gasteiger partial charge in [-0.25, -0.2) is 4.79 Å². The number of rotatable bonds is 6. The maximum absolute atomic E-state index is 13.1. The van der Waals surface area contributed by atoms with Gasteiger partial charge in [0.2, 0.25) is 0 Å². The third-order valence-corrected chi connectivity index (χ3v) is 4.93. The molecule has 0 aliphatic carbocycles. The maximum Gasteiger partial charge on any atom is 0.335 e. The van der Waals surface area contributed by atoms with Crippen LogP contribution in [0.25, 0.3) is 6.08 Å². The molecule has 1 aliphatic heterocycles. The van der Waals surface area contributed by atoms with Crippen molar-refractivity contribution in [3.63, 3.8) is 0 Å². The molecule has 4 rings (SSSR count). The molecular weight excluding hydrogens is 396 g/mol. The zero-order valence-electron chi connectivity index (χ0n) is 16.8. The molecule has 0 spiro atoms. The summed E-state index contributed by atoms with van der Waals surface area (Å²) < 4.78 is 16.9. The van der Waals surface area contributed by atoms with Gasteiger partial charge < -0.3 is 19.3 Å². The van der Waals surface area contributed by atoms with E-state index < -0.39 is 5.97 Å².